The Labute approximate surface area is 117 Å². The zero-order valence-corrected chi connectivity index (χ0v) is 13.1. The molecule has 17 heavy (non-hydrogen) atoms. The van der Waals surface area contributed by atoms with Crippen molar-refractivity contribution in [2.45, 2.75) is 74.4 Å². The van der Waals surface area contributed by atoms with Crippen molar-refractivity contribution in [3.8, 4) is 0 Å². The summed E-state index contributed by atoms with van der Waals surface area (Å²) in [6.07, 6.45) is 4.62. The molecular formula is C13H23IO3. The molecule has 0 saturated heterocycles. The summed E-state index contributed by atoms with van der Waals surface area (Å²) in [4.78, 5) is 12.0. The molecule has 1 N–H and O–H groups in total. The molecule has 1 aliphatic carbocycles. The Balaban J connectivity index is 2.55. The smallest absolute Gasteiger partial charge is 0.322 e. The third-order valence-electron chi connectivity index (χ3n) is 3.80. The fourth-order valence-electron chi connectivity index (χ4n) is 2.13. The van der Waals surface area contributed by atoms with Gasteiger partial charge in [0.25, 0.3) is 0 Å². The van der Waals surface area contributed by atoms with Crippen molar-refractivity contribution in [3.63, 3.8) is 0 Å². The highest BCUT2D eigenvalue weighted by molar-refractivity contribution is 14.1. The predicted molar refractivity (Wildman–Crippen MR) is 76.3 cm³/mol. The van der Waals surface area contributed by atoms with Crippen LogP contribution in [0, 0.1) is 0 Å². The van der Waals surface area contributed by atoms with E-state index in [2.05, 4.69) is 22.6 Å². The van der Waals surface area contributed by atoms with Gasteiger partial charge in [-0.25, -0.2) is 0 Å². The molecule has 3 nitrogen and oxygen atoms in total. The van der Waals surface area contributed by atoms with Crippen molar-refractivity contribution in [2.24, 2.45) is 0 Å². The lowest BCUT2D eigenvalue weighted by Gasteiger charge is -2.36. The summed E-state index contributed by atoms with van der Waals surface area (Å²) in [6.45, 7) is 5.86. The van der Waals surface area contributed by atoms with Crippen LogP contribution < -0.4 is 0 Å². The van der Waals surface area contributed by atoms with Gasteiger partial charge in [0.05, 0.1) is 5.60 Å². The minimum absolute atomic E-state index is 0.109. The van der Waals surface area contributed by atoms with Crippen LogP contribution in [-0.4, -0.2) is 26.2 Å². The van der Waals surface area contributed by atoms with E-state index >= 15 is 0 Å². The van der Waals surface area contributed by atoms with E-state index in [9.17, 15) is 9.90 Å². The van der Waals surface area contributed by atoms with Gasteiger partial charge in [-0.2, -0.15) is 0 Å². The SMILES string of the molecule is CCC1(O)CCCC(OC(=O)C(C)(I)CC)C1. The summed E-state index contributed by atoms with van der Waals surface area (Å²) < 4.78 is 5.09. The van der Waals surface area contributed by atoms with Crippen LogP contribution in [0.5, 0.6) is 0 Å². The van der Waals surface area contributed by atoms with Gasteiger partial charge in [0, 0.05) is 6.42 Å². The number of hydrogen-bond donors (Lipinski definition) is 1. The van der Waals surface area contributed by atoms with Gasteiger partial charge in [-0.3, -0.25) is 4.79 Å². The van der Waals surface area contributed by atoms with Crippen molar-refractivity contribution in [1.82, 2.24) is 0 Å². The number of rotatable bonds is 4. The van der Waals surface area contributed by atoms with Crippen LogP contribution in [0.2, 0.25) is 0 Å². The van der Waals surface area contributed by atoms with E-state index in [1.165, 1.54) is 0 Å². The van der Waals surface area contributed by atoms with Crippen LogP contribution in [0.15, 0.2) is 0 Å². The van der Waals surface area contributed by atoms with Crippen LogP contribution in [0.3, 0.4) is 0 Å². The number of carbonyl (C=O) groups is 1. The Hall–Kier alpha value is 0.160. The molecule has 0 heterocycles. The second-order valence-corrected chi connectivity index (χ2v) is 7.63. The lowest BCUT2D eigenvalue weighted by Crippen LogP contribution is -2.41. The normalized spacial score (nSPS) is 32.9. The summed E-state index contributed by atoms with van der Waals surface area (Å²) in [7, 11) is 0. The average molecular weight is 354 g/mol. The second kappa shape index (κ2) is 5.87. The first kappa shape index (κ1) is 15.2. The van der Waals surface area contributed by atoms with Crippen molar-refractivity contribution in [2.75, 3.05) is 0 Å². The second-order valence-electron chi connectivity index (χ2n) is 5.25. The minimum Gasteiger partial charge on any atom is -0.461 e. The van der Waals surface area contributed by atoms with Gasteiger partial charge >= 0.3 is 5.97 Å². The molecule has 1 fully saturated rings. The zero-order chi connectivity index (χ0) is 13.1. The summed E-state index contributed by atoms with van der Waals surface area (Å²) in [6, 6.07) is 0. The molecule has 100 valence electrons. The van der Waals surface area contributed by atoms with Crippen LogP contribution in [-0.2, 0) is 9.53 Å². The predicted octanol–water partition coefficient (Wildman–Crippen LogP) is 3.22. The highest BCUT2D eigenvalue weighted by Gasteiger charge is 2.37. The first-order valence-electron chi connectivity index (χ1n) is 6.45. The minimum atomic E-state index is -0.628. The molecule has 3 atom stereocenters. The van der Waals surface area contributed by atoms with Crippen LogP contribution in [0.1, 0.15) is 59.3 Å². The van der Waals surface area contributed by atoms with Crippen molar-refractivity contribution in [1.29, 1.82) is 0 Å². The quantitative estimate of drug-likeness (QED) is 0.479. The fraction of sp³-hybridized carbons (Fsp3) is 0.923. The molecule has 4 heteroatoms. The van der Waals surface area contributed by atoms with E-state index in [0.29, 0.717) is 6.42 Å². The van der Waals surface area contributed by atoms with E-state index in [1.54, 1.807) is 0 Å². The molecule has 1 rings (SSSR count). The molecular weight excluding hydrogens is 331 g/mol. The number of hydrogen-bond acceptors (Lipinski definition) is 3. The first-order valence-corrected chi connectivity index (χ1v) is 7.53. The van der Waals surface area contributed by atoms with Crippen LogP contribution in [0.25, 0.3) is 0 Å². The third-order valence-corrected chi connectivity index (χ3v) is 5.00. The maximum Gasteiger partial charge on any atom is 0.322 e. The Kier molecular flexibility index (Phi) is 5.25. The van der Waals surface area contributed by atoms with Crippen molar-refractivity contribution >= 4 is 28.6 Å². The lowest BCUT2D eigenvalue weighted by atomic mass is 9.81. The Bertz CT molecular complexity index is 278. The molecule has 0 bridgehead atoms. The number of alkyl halides is 1. The van der Waals surface area contributed by atoms with E-state index in [-0.39, 0.29) is 12.1 Å². The molecule has 1 aliphatic rings. The largest absolute Gasteiger partial charge is 0.461 e. The van der Waals surface area contributed by atoms with Gasteiger partial charge in [-0.1, -0.05) is 36.4 Å². The van der Waals surface area contributed by atoms with Gasteiger partial charge in [0.1, 0.15) is 9.53 Å². The standard InChI is InChI=1S/C13H23IO3/c1-4-12(3,14)11(15)17-10-7-6-8-13(16,5-2)9-10/h10,16H,4-9H2,1-3H3. The number of carbonyl (C=O) groups excluding carboxylic acids is 1. The lowest BCUT2D eigenvalue weighted by molar-refractivity contribution is -0.157. The molecule has 0 amide bonds. The van der Waals surface area contributed by atoms with Gasteiger partial charge in [0.2, 0.25) is 0 Å². The maximum absolute atomic E-state index is 12.0. The highest BCUT2D eigenvalue weighted by Crippen LogP contribution is 2.34. The molecule has 0 spiro atoms. The molecule has 0 aromatic carbocycles. The molecule has 0 aliphatic heterocycles. The Morgan fingerprint density at radius 1 is 1.59 bits per heavy atom. The van der Waals surface area contributed by atoms with E-state index < -0.39 is 9.02 Å². The monoisotopic (exact) mass is 354 g/mol. The van der Waals surface area contributed by atoms with Crippen LogP contribution in [0.4, 0.5) is 0 Å². The van der Waals surface area contributed by atoms with Gasteiger partial charge in [-0.05, 0) is 39.0 Å². The van der Waals surface area contributed by atoms with Crippen molar-refractivity contribution in [3.05, 3.63) is 0 Å². The maximum atomic E-state index is 12.0. The summed E-state index contributed by atoms with van der Waals surface area (Å²) in [5, 5.41) is 10.2. The van der Waals surface area contributed by atoms with E-state index in [1.807, 2.05) is 20.8 Å². The Morgan fingerprint density at radius 3 is 2.76 bits per heavy atom. The summed E-state index contributed by atoms with van der Waals surface area (Å²) in [5.74, 6) is -0.147. The van der Waals surface area contributed by atoms with Crippen molar-refractivity contribution < 1.29 is 14.6 Å². The number of aliphatic hydroxyl groups is 1. The number of esters is 1. The van der Waals surface area contributed by atoms with E-state index in [4.69, 9.17) is 4.74 Å². The topological polar surface area (TPSA) is 46.5 Å². The average Bonchev–Trinajstić information content (AvgIpc) is 2.29. The third kappa shape index (κ3) is 4.09. The van der Waals surface area contributed by atoms with Gasteiger partial charge < -0.3 is 9.84 Å². The molecule has 0 aromatic heterocycles. The Morgan fingerprint density at radius 2 is 2.24 bits per heavy atom. The number of halogens is 1. The summed E-state index contributed by atoms with van der Waals surface area (Å²) in [5.41, 5.74) is -0.628. The molecule has 1 saturated carbocycles. The number of ether oxygens (including phenoxy) is 1. The van der Waals surface area contributed by atoms with E-state index in [0.717, 1.165) is 32.1 Å². The first-order chi connectivity index (χ1) is 7.83. The zero-order valence-electron chi connectivity index (χ0n) is 11.0. The van der Waals surface area contributed by atoms with Gasteiger partial charge in [0.15, 0.2) is 0 Å². The highest BCUT2D eigenvalue weighted by atomic mass is 127. The fourth-order valence-corrected chi connectivity index (χ4v) is 2.25. The summed E-state index contributed by atoms with van der Waals surface area (Å²) >= 11 is 2.14. The molecule has 3 unspecified atom stereocenters. The molecule has 0 aromatic rings. The van der Waals surface area contributed by atoms with Gasteiger partial charge in [-0.15, -0.1) is 0 Å². The van der Waals surface area contributed by atoms with Crippen LogP contribution >= 0.6 is 22.6 Å². The molecule has 0 radical (unpaired) electrons.